The van der Waals surface area contributed by atoms with Crippen molar-refractivity contribution in [2.75, 3.05) is 20.3 Å². The van der Waals surface area contributed by atoms with Crippen molar-refractivity contribution < 1.29 is 14.6 Å². The van der Waals surface area contributed by atoms with E-state index in [0.29, 0.717) is 29.7 Å². The van der Waals surface area contributed by atoms with Crippen LogP contribution in [-0.4, -0.2) is 31.5 Å². The van der Waals surface area contributed by atoms with Crippen LogP contribution in [0.4, 0.5) is 0 Å². The maximum atomic E-state index is 9.16. The normalized spacial score (nSPS) is 12.0. The van der Waals surface area contributed by atoms with Crippen LogP contribution < -0.4 is 14.8 Å². The van der Waals surface area contributed by atoms with E-state index in [4.69, 9.17) is 26.2 Å². The first-order valence-electron chi connectivity index (χ1n) is 6.60. The minimum Gasteiger partial charge on any atom is -0.493 e. The SMILES string of the molecule is C=CCOc1c(Cl)cc(CN[C@H](CC)CO)cc1OC. The summed E-state index contributed by atoms with van der Waals surface area (Å²) in [5.74, 6) is 1.11. The summed E-state index contributed by atoms with van der Waals surface area (Å²) >= 11 is 6.22. The summed E-state index contributed by atoms with van der Waals surface area (Å²) in [6, 6.07) is 3.79. The summed E-state index contributed by atoms with van der Waals surface area (Å²) in [6.45, 7) is 6.72. The number of benzene rings is 1. The molecule has 0 spiro atoms. The van der Waals surface area contributed by atoms with Crippen molar-refractivity contribution in [1.29, 1.82) is 0 Å². The highest BCUT2D eigenvalue weighted by atomic mass is 35.5. The Labute approximate surface area is 125 Å². The van der Waals surface area contributed by atoms with E-state index in [2.05, 4.69) is 11.9 Å². The molecule has 0 fully saturated rings. The first-order valence-corrected chi connectivity index (χ1v) is 6.98. The number of aliphatic hydroxyl groups excluding tert-OH is 1. The second kappa shape index (κ2) is 8.84. The van der Waals surface area contributed by atoms with Crippen molar-refractivity contribution in [2.45, 2.75) is 25.9 Å². The molecule has 0 amide bonds. The topological polar surface area (TPSA) is 50.7 Å². The molecule has 1 atom stereocenters. The Kier molecular flexibility index (Phi) is 7.44. The molecule has 0 aliphatic heterocycles. The lowest BCUT2D eigenvalue weighted by atomic mass is 10.1. The fourth-order valence-corrected chi connectivity index (χ4v) is 2.05. The van der Waals surface area contributed by atoms with Crippen LogP contribution in [0.25, 0.3) is 0 Å². The van der Waals surface area contributed by atoms with E-state index in [1.807, 2.05) is 19.1 Å². The third-order valence-electron chi connectivity index (χ3n) is 2.94. The molecule has 0 radical (unpaired) electrons. The largest absolute Gasteiger partial charge is 0.493 e. The first kappa shape index (κ1) is 16.8. The number of hydrogen-bond acceptors (Lipinski definition) is 4. The Morgan fingerprint density at radius 3 is 2.80 bits per heavy atom. The number of hydrogen-bond donors (Lipinski definition) is 2. The predicted octanol–water partition coefficient (Wildman–Crippen LogP) is 2.77. The molecule has 0 saturated heterocycles. The maximum absolute atomic E-state index is 9.16. The minimum atomic E-state index is 0.0801. The summed E-state index contributed by atoms with van der Waals surface area (Å²) in [6.07, 6.45) is 2.51. The Balaban J connectivity index is 2.84. The quantitative estimate of drug-likeness (QED) is 0.689. The van der Waals surface area contributed by atoms with Gasteiger partial charge in [0.2, 0.25) is 0 Å². The molecule has 1 aromatic rings. The standard InChI is InChI=1S/C15H22ClNO3/c1-4-6-20-15-13(16)7-11(8-14(15)19-3)9-17-12(5-2)10-18/h4,7-8,12,17-18H,1,5-6,9-10H2,2-3H3/t12-/m1/s1. The highest BCUT2D eigenvalue weighted by Crippen LogP contribution is 2.36. The van der Waals surface area contributed by atoms with E-state index < -0.39 is 0 Å². The van der Waals surface area contributed by atoms with Crippen LogP contribution in [0.2, 0.25) is 5.02 Å². The van der Waals surface area contributed by atoms with E-state index in [1.54, 1.807) is 13.2 Å². The third kappa shape index (κ3) is 4.71. The van der Waals surface area contributed by atoms with Crippen LogP contribution in [0.1, 0.15) is 18.9 Å². The van der Waals surface area contributed by atoms with Gasteiger partial charge in [-0.3, -0.25) is 0 Å². The van der Waals surface area contributed by atoms with E-state index in [0.717, 1.165) is 12.0 Å². The highest BCUT2D eigenvalue weighted by Gasteiger charge is 2.12. The molecule has 0 aliphatic carbocycles. The van der Waals surface area contributed by atoms with Crippen molar-refractivity contribution in [1.82, 2.24) is 5.32 Å². The molecule has 0 aromatic heterocycles. The van der Waals surface area contributed by atoms with Gasteiger partial charge in [-0.1, -0.05) is 31.2 Å². The van der Waals surface area contributed by atoms with Crippen molar-refractivity contribution in [2.24, 2.45) is 0 Å². The van der Waals surface area contributed by atoms with Gasteiger partial charge in [-0.05, 0) is 24.1 Å². The molecule has 2 N–H and O–H groups in total. The Bertz CT molecular complexity index is 433. The Morgan fingerprint density at radius 1 is 1.50 bits per heavy atom. The molecule has 1 rings (SSSR count). The van der Waals surface area contributed by atoms with Crippen LogP contribution in [-0.2, 0) is 6.54 Å². The minimum absolute atomic E-state index is 0.0801. The average Bonchev–Trinajstić information content (AvgIpc) is 2.46. The number of aliphatic hydroxyl groups is 1. The summed E-state index contributed by atoms with van der Waals surface area (Å²) < 4.78 is 10.8. The van der Waals surface area contributed by atoms with Gasteiger partial charge in [-0.25, -0.2) is 0 Å². The zero-order valence-corrected chi connectivity index (χ0v) is 12.7. The molecule has 20 heavy (non-hydrogen) atoms. The molecule has 0 unspecified atom stereocenters. The number of methoxy groups -OCH3 is 1. The second-order valence-electron chi connectivity index (χ2n) is 4.38. The summed E-state index contributed by atoms with van der Waals surface area (Å²) in [5.41, 5.74) is 0.977. The smallest absolute Gasteiger partial charge is 0.180 e. The van der Waals surface area contributed by atoms with E-state index >= 15 is 0 Å². The molecule has 112 valence electrons. The molecule has 0 heterocycles. The van der Waals surface area contributed by atoms with Crippen LogP contribution in [0, 0.1) is 0 Å². The molecule has 4 nitrogen and oxygen atoms in total. The van der Waals surface area contributed by atoms with Crippen molar-refractivity contribution in [3.05, 3.63) is 35.4 Å². The van der Waals surface area contributed by atoms with Gasteiger partial charge in [0, 0.05) is 12.6 Å². The predicted molar refractivity (Wildman–Crippen MR) is 81.7 cm³/mol. The number of nitrogens with one attached hydrogen (secondary N) is 1. The zero-order chi connectivity index (χ0) is 15.0. The van der Waals surface area contributed by atoms with Gasteiger partial charge in [-0.2, -0.15) is 0 Å². The number of rotatable bonds is 9. The third-order valence-corrected chi connectivity index (χ3v) is 3.22. The average molecular weight is 300 g/mol. The van der Waals surface area contributed by atoms with Crippen LogP contribution in [0.15, 0.2) is 24.8 Å². The lowest BCUT2D eigenvalue weighted by molar-refractivity contribution is 0.238. The van der Waals surface area contributed by atoms with E-state index in [1.165, 1.54) is 0 Å². The van der Waals surface area contributed by atoms with Crippen molar-refractivity contribution >= 4 is 11.6 Å². The molecular weight excluding hydrogens is 278 g/mol. The molecule has 0 saturated carbocycles. The molecular formula is C15H22ClNO3. The summed E-state index contributed by atoms with van der Waals surface area (Å²) in [7, 11) is 1.58. The first-order chi connectivity index (χ1) is 9.65. The van der Waals surface area contributed by atoms with Gasteiger partial charge in [0.05, 0.1) is 18.7 Å². The molecule has 0 bridgehead atoms. The molecule has 0 aliphatic rings. The van der Waals surface area contributed by atoms with Crippen molar-refractivity contribution in [3.8, 4) is 11.5 Å². The van der Waals surface area contributed by atoms with Crippen molar-refractivity contribution in [3.63, 3.8) is 0 Å². The molecule has 1 aromatic carbocycles. The fraction of sp³-hybridized carbons (Fsp3) is 0.467. The van der Waals surface area contributed by atoms with E-state index in [-0.39, 0.29) is 12.6 Å². The van der Waals surface area contributed by atoms with Gasteiger partial charge < -0.3 is 19.9 Å². The lowest BCUT2D eigenvalue weighted by Crippen LogP contribution is -2.31. The zero-order valence-electron chi connectivity index (χ0n) is 12.0. The highest BCUT2D eigenvalue weighted by molar-refractivity contribution is 6.32. The maximum Gasteiger partial charge on any atom is 0.180 e. The fourth-order valence-electron chi connectivity index (χ4n) is 1.76. The number of halogens is 1. The molecule has 5 heteroatoms. The van der Waals surface area contributed by atoms with Crippen LogP contribution >= 0.6 is 11.6 Å². The van der Waals surface area contributed by atoms with Gasteiger partial charge in [-0.15, -0.1) is 0 Å². The van der Waals surface area contributed by atoms with Crippen LogP contribution in [0.3, 0.4) is 0 Å². The second-order valence-corrected chi connectivity index (χ2v) is 4.78. The van der Waals surface area contributed by atoms with Crippen LogP contribution in [0.5, 0.6) is 11.5 Å². The summed E-state index contributed by atoms with van der Waals surface area (Å²) in [4.78, 5) is 0. The van der Waals surface area contributed by atoms with Gasteiger partial charge in [0.15, 0.2) is 11.5 Å². The lowest BCUT2D eigenvalue weighted by Gasteiger charge is -2.16. The van der Waals surface area contributed by atoms with Gasteiger partial charge in [0.1, 0.15) is 6.61 Å². The summed E-state index contributed by atoms with van der Waals surface area (Å²) in [5, 5.41) is 12.9. The Morgan fingerprint density at radius 2 is 2.25 bits per heavy atom. The van der Waals surface area contributed by atoms with Gasteiger partial charge in [0.25, 0.3) is 0 Å². The Hall–Kier alpha value is -1.23. The van der Waals surface area contributed by atoms with E-state index in [9.17, 15) is 0 Å². The monoisotopic (exact) mass is 299 g/mol. The number of ether oxygens (including phenoxy) is 2. The van der Waals surface area contributed by atoms with Gasteiger partial charge >= 0.3 is 0 Å².